The topological polar surface area (TPSA) is 102 Å². The van der Waals surface area contributed by atoms with Crippen LogP contribution in [-0.2, 0) is 29.5 Å². The number of rotatable bonds is 6. The summed E-state index contributed by atoms with van der Waals surface area (Å²) in [5.41, 5.74) is 0. The fraction of sp³-hybridized carbons (Fsp3) is 0.333. The summed E-state index contributed by atoms with van der Waals surface area (Å²) in [5, 5.41) is 0. The quantitative estimate of drug-likeness (QED) is 0.731. The number of halogens is 3. The summed E-state index contributed by atoms with van der Waals surface area (Å²) >= 11 is 0. The van der Waals surface area contributed by atoms with Gasteiger partial charge in [0, 0.05) is 6.07 Å². The molecule has 0 atom stereocenters. The molecule has 0 heterocycles. The van der Waals surface area contributed by atoms with Gasteiger partial charge in [-0.2, -0.15) is 0 Å². The molecule has 0 amide bonds. The van der Waals surface area contributed by atoms with Gasteiger partial charge in [-0.3, -0.25) is 0 Å². The molecule has 0 N–H and O–H groups in total. The normalized spacial score (nSPS) is 13.3. The summed E-state index contributed by atoms with van der Waals surface area (Å²) in [7, 11) is -14.7. The van der Waals surface area contributed by atoms with Gasteiger partial charge in [0.25, 0.3) is 0 Å². The summed E-state index contributed by atoms with van der Waals surface area (Å²) in [6.45, 7) is 0. The molecular formula is C9H8F3O6S3. The van der Waals surface area contributed by atoms with E-state index in [1.165, 1.54) is 0 Å². The third kappa shape index (κ3) is 3.37. The zero-order valence-electron chi connectivity index (χ0n) is 10.1. The van der Waals surface area contributed by atoms with Gasteiger partial charge >= 0.3 is 0 Å². The highest BCUT2D eigenvalue weighted by Gasteiger charge is 2.34. The predicted octanol–water partition coefficient (Wildman–Crippen LogP) is 0.589. The van der Waals surface area contributed by atoms with Crippen LogP contribution in [0.5, 0.6) is 0 Å². The molecule has 1 aromatic rings. The zero-order valence-corrected chi connectivity index (χ0v) is 12.5. The maximum Gasteiger partial charge on any atom is 0.210 e. The SMILES string of the molecule is O=S(=O)(CF)c1[c]ccc(S(=O)(=O)CF)c1S(=O)(=O)CF. The Kier molecular flexibility index (Phi) is 5.05. The van der Waals surface area contributed by atoms with Gasteiger partial charge in [0.15, 0.2) is 18.0 Å². The summed E-state index contributed by atoms with van der Waals surface area (Å²) < 4.78 is 107. The number of hydrogen-bond donors (Lipinski definition) is 0. The van der Waals surface area contributed by atoms with Gasteiger partial charge < -0.3 is 0 Å². The van der Waals surface area contributed by atoms with Crippen LogP contribution >= 0.6 is 0 Å². The highest BCUT2D eigenvalue weighted by molar-refractivity contribution is 7.96. The fourth-order valence-electron chi connectivity index (χ4n) is 1.38. The Hall–Kier alpha value is -1.14. The van der Waals surface area contributed by atoms with Crippen LogP contribution in [0.3, 0.4) is 0 Å². The minimum atomic E-state index is -5.04. The predicted molar refractivity (Wildman–Crippen MR) is 64.8 cm³/mol. The highest BCUT2D eigenvalue weighted by atomic mass is 32.2. The minimum Gasteiger partial charge on any atom is -0.233 e. The van der Waals surface area contributed by atoms with Gasteiger partial charge in [-0.15, -0.1) is 0 Å². The van der Waals surface area contributed by atoms with E-state index in [4.69, 9.17) is 0 Å². The number of benzene rings is 1. The van der Waals surface area contributed by atoms with E-state index in [1.807, 2.05) is 6.07 Å². The van der Waals surface area contributed by atoms with E-state index in [2.05, 4.69) is 0 Å². The van der Waals surface area contributed by atoms with Crippen LogP contribution in [0, 0.1) is 6.07 Å². The molecule has 1 rings (SSSR count). The number of sulfone groups is 3. The number of alkyl halides is 3. The summed E-state index contributed by atoms with van der Waals surface area (Å²) in [4.78, 5) is -4.12. The Bertz CT molecular complexity index is 790. The molecule has 6 nitrogen and oxygen atoms in total. The molecule has 0 bridgehead atoms. The second kappa shape index (κ2) is 5.93. The summed E-state index contributed by atoms with van der Waals surface area (Å²) in [6.07, 6.45) is 0. The van der Waals surface area contributed by atoms with Gasteiger partial charge in [0.1, 0.15) is 4.90 Å². The summed E-state index contributed by atoms with van der Waals surface area (Å²) in [5.74, 6) is 0. The van der Waals surface area contributed by atoms with Crippen molar-refractivity contribution >= 4 is 29.5 Å². The van der Waals surface area contributed by atoms with E-state index in [9.17, 15) is 38.4 Å². The summed E-state index contributed by atoms with van der Waals surface area (Å²) in [6, 6.07) is -3.18. The van der Waals surface area contributed by atoms with Crippen LogP contribution in [0.15, 0.2) is 26.8 Å². The Balaban J connectivity index is 4.02. The molecule has 0 saturated heterocycles. The smallest absolute Gasteiger partial charge is 0.210 e. The van der Waals surface area contributed by atoms with E-state index in [1.54, 1.807) is 0 Å². The molecule has 0 aliphatic rings. The van der Waals surface area contributed by atoms with Crippen molar-refractivity contribution in [3.63, 3.8) is 0 Å². The lowest BCUT2D eigenvalue weighted by atomic mass is 10.4. The Morgan fingerprint density at radius 1 is 0.810 bits per heavy atom. The van der Waals surface area contributed by atoms with Crippen LogP contribution in [0.4, 0.5) is 13.2 Å². The molecule has 1 radical (unpaired) electrons. The van der Waals surface area contributed by atoms with Crippen molar-refractivity contribution in [3.8, 4) is 0 Å². The van der Waals surface area contributed by atoms with Crippen molar-refractivity contribution in [1.29, 1.82) is 0 Å². The molecule has 0 aliphatic heterocycles. The van der Waals surface area contributed by atoms with Crippen LogP contribution in [0.1, 0.15) is 0 Å². The van der Waals surface area contributed by atoms with Crippen LogP contribution in [0.25, 0.3) is 0 Å². The Morgan fingerprint density at radius 3 is 1.71 bits per heavy atom. The molecule has 0 aliphatic carbocycles. The van der Waals surface area contributed by atoms with E-state index >= 15 is 0 Å². The maximum atomic E-state index is 12.6. The first-order chi connectivity index (χ1) is 9.53. The lowest BCUT2D eigenvalue weighted by Gasteiger charge is -2.12. The third-order valence-electron chi connectivity index (χ3n) is 2.27. The van der Waals surface area contributed by atoms with Crippen molar-refractivity contribution in [1.82, 2.24) is 0 Å². The first kappa shape index (κ1) is 17.9. The second-order valence-electron chi connectivity index (χ2n) is 3.67. The Morgan fingerprint density at radius 2 is 1.29 bits per heavy atom. The number of hydrogen-bond acceptors (Lipinski definition) is 6. The molecule has 0 unspecified atom stereocenters. The van der Waals surface area contributed by atoms with Gasteiger partial charge in [-0.1, -0.05) is 6.07 Å². The van der Waals surface area contributed by atoms with Crippen molar-refractivity contribution in [2.75, 3.05) is 18.0 Å². The van der Waals surface area contributed by atoms with Crippen molar-refractivity contribution in [2.45, 2.75) is 14.7 Å². The lowest BCUT2D eigenvalue weighted by molar-refractivity contribution is 0.517. The van der Waals surface area contributed by atoms with E-state index in [0.717, 1.165) is 0 Å². The largest absolute Gasteiger partial charge is 0.233 e. The molecule has 21 heavy (non-hydrogen) atoms. The van der Waals surface area contributed by atoms with Crippen molar-refractivity contribution in [2.24, 2.45) is 0 Å². The molecular weight excluding hydrogens is 357 g/mol. The standard InChI is InChI=1S/C9H8F3O6S3/c10-4-19(13,14)7-2-1-3-8(20(15,16)5-11)9(7)21(17,18)6-12/h1-2H,4-6H2. The van der Waals surface area contributed by atoms with E-state index in [-0.39, 0.29) is 0 Å². The van der Waals surface area contributed by atoms with Gasteiger partial charge in [0.2, 0.25) is 29.5 Å². The molecule has 0 saturated carbocycles. The van der Waals surface area contributed by atoms with Crippen LogP contribution in [-0.4, -0.2) is 43.3 Å². The van der Waals surface area contributed by atoms with Gasteiger partial charge in [-0.05, 0) is 6.07 Å². The molecule has 0 fully saturated rings. The minimum absolute atomic E-state index is 0.550. The van der Waals surface area contributed by atoms with Gasteiger partial charge in [-0.25, -0.2) is 38.4 Å². The lowest BCUT2D eigenvalue weighted by Crippen LogP contribution is -2.17. The molecule has 0 spiro atoms. The molecule has 0 aromatic heterocycles. The average molecular weight is 365 g/mol. The zero-order chi connectivity index (χ0) is 16.5. The van der Waals surface area contributed by atoms with Crippen molar-refractivity contribution in [3.05, 3.63) is 18.2 Å². The fourth-order valence-corrected chi connectivity index (χ4v) is 5.32. The van der Waals surface area contributed by atoms with Crippen LogP contribution in [0.2, 0.25) is 0 Å². The first-order valence-corrected chi connectivity index (χ1v) is 9.90. The first-order valence-electron chi connectivity index (χ1n) is 4.94. The monoisotopic (exact) mass is 365 g/mol. The average Bonchev–Trinajstić information content (AvgIpc) is 2.46. The maximum absolute atomic E-state index is 12.6. The van der Waals surface area contributed by atoms with Crippen molar-refractivity contribution < 1.29 is 38.4 Å². The second-order valence-corrected chi connectivity index (χ2v) is 9.27. The third-order valence-corrected chi connectivity index (χ3v) is 6.39. The molecule has 12 heteroatoms. The van der Waals surface area contributed by atoms with Crippen LogP contribution < -0.4 is 0 Å². The molecule has 1 aromatic carbocycles. The van der Waals surface area contributed by atoms with E-state index in [0.29, 0.717) is 12.1 Å². The van der Waals surface area contributed by atoms with E-state index < -0.39 is 62.2 Å². The van der Waals surface area contributed by atoms with Gasteiger partial charge in [0.05, 0.1) is 9.79 Å². The Labute approximate surface area is 119 Å². The highest BCUT2D eigenvalue weighted by Crippen LogP contribution is 2.30. The molecule has 119 valence electrons.